The monoisotopic (exact) mass is 312 g/mol. The van der Waals surface area contributed by atoms with Crippen LogP contribution < -0.4 is 10.0 Å². The van der Waals surface area contributed by atoms with Crippen molar-refractivity contribution in [3.8, 4) is 0 Å². The Hall–Kier alpha value is -1.70. The molecule has 0 fully saturated rings. The Bertz CT molecular complexity index is 692. The van der Waals surface area contributed by atoms with E-state index in [2.05, 4.69) is 20.0 Å². The molecule has 8 heteroatoms. The minimum Gasteiger partial charge on any atom is -0.372 e. The van der Waals surface area contributed by atoms with Gasteiger partial charge in [-0.05, 0) is 23.8 Å². The first-order valence-electron chi connectivity index (χ1n) is 5.75. The van der Waals surface area contributed by atoms with Crippen LogP contribution in [0.3, 0.4) is 0 Å². The molecule has 0 amide bonds. The fourth-order valence-corrected chi connectivity index (χ4v) is 2.83. The van der Waals surface area contributed by atoms with E-state index in [-0.39, 0.29) is 16.5 Å². The van der Waals surface area contributed by atoms with E-state index in [1.165, 1.54) is 12.3 Å². The number of rotatable bonds is 5. The molecule has 0 atom stereocenters. The average Bonchev–Trinajstić information content (AvgIpc) is 2.46. The third kappa shape index (κ3) is 3.44. The number of hydrogen-bond donors (Lipinski definition) is 2. The zero-order valence-corrected chi connectivity index (χ0v) is 12.2. The highest BCUT2D eigenvalue weighted by Crippen LogP contribution is 2.21. The second kappa shape index (κ2) is 6.17. The SMILES string of the molecule is CNc1ncc(S(=O)(=O)NCc2ccncc2)cc1Cl. The van der Waals surface area contributed by atoms with Gasteiger partial charge in [0.05, 0.1) is 5.02 Å². The molecular weight excluding hydrogens is 300 g/mol. The van der Waals surface area contributed by atoms with Crippen LogP contribution in [0.1, 0.15) is 5.56 Å². The topological polar surface area (TPSA) is 84.0 Å². The van der Waals surface area contributed by atoms with Crippen molar-refractivity contribution in [2.45, 2.75) is 11.4 Å². The van der Waals surface area contributed by atoms with Gasteiger partial charge in [0, 0.05) is 32.2 Å². The first kappa shape index (κ1) is 14.7. The molecule has 0 aromatic carbocycles. The highest BCUT2D eigenvalue weighted by Gasteiger charge is 2.16. The van der Waals surface area contributed by atoms with E-state index in [0.29, 0.717) is 5.82 Å². The Morgan fingerprint density at radius 2 is 2.00 bits per heavy atom. The number of aromatic nitrogens is 2. The lowest BCUT2D eigenvalue weighted by Gasteiger charge is -2.08. The zero-order valence-electron chi connectivity index (χ0n) is 10.7. The predicted octanol–water partition coefficient (Wildman–Crippen LogP) is 1.65. The summed E-state index contributed by atoms with van der Waals surface area (Å²) < 4.78 is 26.7. The fourth-order valence-electron chi connectivity index (χ4n) is 1.51. The Morgan fingerprint density at radius 3 is 2.60 bits per heavy atom. The minimum absolute atomic E-state index is 0.0237. The number of sulfonamides is 1. The molecule has 0 saturated carbocycles. The van der Waals surface area contributed by atoms with Gasteiger partial charge in [0.1, 0.15) is 10.7 Å². The second-order valence-electron chi connectivity index (χ2n) is 3.93. The van der Waals surface area contributed by atoms with Crippen LogP contribution in [-0.4, -0.2) is 25.4 Å². The first-order chi connectivity index (χ1) is 9.53. The van der Waals surface area contributed by atoms with Crippen LogP contribution in [0.25, 0.3) is 0 Å². The Labute approximate surface area is 122 Å². The van der Waals surface area contributed by atoms with Crippen molar-refractivity contribution in [2.24, 2.45) is 0 Å². The predicted molar refractivity (Wildman–Crippen MR) is 77.1 cm³/mol. The summed E-state index contributed by atoms with van der Waals surface area (Å²) in [7, 11) is -1.99. The van der Waals surface area contributed by atoms with E-state index in [1.807, 2.05) is 0 Å². The van der Waals surface area contributed by atoms with Crippen molar-refractivity contribution in [2.75, 3.05) is 12.4 Å². The van der Waals surface area contributed by atoms with Crippen LogP contribution >= 0.6 is 11.6 Å². The zero-order chi connectivity index (χ0) is 14.6. The largest absolute Gasteiger partial charge is 0.372 e. The number of pyridine rings is 2. The van der Waals surface area contributed by atoms with E-state index in [9.17, 15) is 8.42 Å². The molecule has 0 radical (unpaired) electrons. The summed E-state index contributed by atoms with van der Waals surface area (Å²) >= 11 is 5.93. The van der Waals surface area contributed by atoms with Gasteiger partial charge >= 0.3 is 0 Å². The van der Waals surface area contributed by atoms with Crippen molar-refractivity contribution in [3.05, 3.63) is 47.4 Å². The van der Waals surface area contributed by atoms with Gasteiger partial charge in [0.15, 0.2) is 0 Å². The molecule has 2 aromatic heterocycles. The summed E-state index contributed by atoms with van der Waals surface area (Å²) in [5, 5.41) is 3.02. The summed E-state index contributed by atoms with van der Waals surface area (Å²) in [6.07, 6.45) is 4.46. The molecule has 0 saturated heterocycles. The van der Waals surface area contributed by atoms with Gasteiger partial charge in [-0.25, -0.2) is 18.1 Å². The number of nitrogens with one attached hydrogen (secondary N) is 2. The number of hydrogen-bond acceptors (Lipinski definition) is 5. The van der Waals surface area contributed by atoms with Gasteiger partial charge in [0.25, 0.3) is 0 Å². The van der Waals surface area contributed by atoms with Crippen LogP contribution in [0, 0.1) is 0 Å². The maximum absolute atomic E-state index is 12.1. The van der Waals surface area contributed by atoms with Crippen molar-refractivity contribution < 1.29 is 8.42 Å². The summed E-state index contributed by atoms with van der Waals surface area (Å²) in [6.45, 7) is 0.177. The molecule has 0 aliphatic carbocycles. The highest BCUT2D eigenvalue weighted by atomic mass is 35.5. The molecule has 0 unspecified atom stereocenters. The molecule has 0 aliphatic rings. The lowest BCUT2D eigenvalue weighted by atomic mass is 10.3. The summed E-state index contributed by atoms with van der Waals surface area (Å²) in [6, 6.07) is 4.82. The fraction of sp³-hybridized carbons (Fsp3) is 0.167. The second-order valence-corrected chi connectivity index (χ2v) is 6.11. The van der Waals surface area contributed by atoms with Crippen LogP contribution in [0.5, 0.6) is 0 Å². The maximum atomic E-state index is 12.1. The average molecular weight is 313 g/mol. The van der Waals surface area contributed by atoms with Crippen LogP contribution in [0.2, 0.25) is 5.02 Å². The van der Waals surface area contributed by atoms with Gasteiger partial charge in [-0.15, -0.1) is 0 Å². The van der Waals surface area contributed by atoms with Gasteiger partial charge in [-0.3, -0.25) is 4.98 Å². The van der Waals surface area contributed by atoms with Gasteiger partial charge < -0.3 is 5.32 Å². The summed E-state index contributed by atoms with van der Waals surface area (Å²) in [5.41, 5.74) is 0.814. The van der Waals surface area contributed by atoms with E-state index in [4.69, 9.17) is 11.6 Å². The molecule has 2 rings (SSSR count). The van der Waals surface area contributed by atoms with Crippen molar-refractivity contribution in [1.82, 2.24) is 14.7 Å². The molecule has 6 nitrogen and oxygen atoms in total. The van der Waals surface area contributed by atoms with Crippen LogP contribution in [-0.2, 0) is 16.6 Å². The van der Waals surface area contributed by atoms with Crippen molar-refractivity contribution >= 4 is 27.4 Å². The number of nitrogens with zero attached hydrogens (tertiary/aromatic N) is 2. The maximum Gasteiger partial charge on any atom is 0.242 e. The van der Waals surface area contributed by atoms with Crippen molar-refractivity contribution in [3.63, 3.8) is 0 Å². The molecular formula is C12H13ClN4O2S. The molecule has 0 spiro atoms. The van der Waals surface area contributed by atoms with E-state index >= 15 is 0 Å². The Kier molecular flexibility index (Phi) is 4.53. The normalized spacial score (nSPS) is 11.3. The van der Waals surface area contributed by atoms with Crippen molar-refractivity contribution in [1.29, 1.82) is 0 Å². The quantitative estimate of drug-likeness (QED) is 0.877. The summed E-state index contributed by atoms with van der Waals surface area (Å²) in [4.78, 5) is 7.84. The molecule has 2 heterocycles. The first-order valence-corrected chi connectivity index (χ1v) is 7.61. The van der Waals surface area contributed by atoms with Gasteiger partial charge in [-0.2, -0.15) is 0 Å². The highest BCUT2D eigenvalue weighted by molar-refractivity contribution is 7.89. The summed E-state index contributed by atoms with van der Waals surface area (Å²) in [5.74, 6) is 0.430. The molecule has 106 valence electrons. The van der Waals surface area contributed by atoms with E-state index in [0.717, 1.165) is 5.56 Å². The standard InChI is InChI=1S/C12H13ClN4O2S/c1-14-12-11(13)6-10(8-16-12)20(18,19)17-7-9-2-4-15-5-3-9/h2-6,8,17H,7H2,1H3,(H,14,16). The smallest absolute Gasteiger partial charge is 0.242 e. The molecule has 0 aliphatic heterocycles. The molecule has 2 aromatic rings. The lowest BCUT2D eigenvalue weighted by molar-refractivity contribution is 0.581. The third-order valence-corrected chi connectivity index (χ3v) is 4.24. The Balaban J connectivity index is 2.16. The molecule has 20 heavy (non-hydrogen) atoms. The van der Waals surface area contributed by atoms with Gasteiger partial charge in [-0.1, -0.05) is 11.6 Å². The molecule has 2 N–H and O–H groups in total. The van der Waals surface area contributed by atoms with Crippen LogP contribution in [0.4, 0.5) is 5.82 Å². The lowest BCUT2D eigenvalue weighted by Crippen LogP contribution is -2.23. The van der Waals surface area contributed by atoms with Gasteiger partial charge in [0.2, 0.25) is 10.0 Å². The van der Waals surface area contributed by atoms with Crippen LogP contribution in [0.15, 0.2) is 41.7 Å². The number of halogens is 1. The Morgan fingerprint density at radius 1 is 1.30 bits per heavy atom. The van der Waals surface area contributed by atoms with E-state index in [1.54, 1.807) is 31.6 Å². The molecule has 0 bridgehead atoms. The third-order valence-electron chi connectivity index (χ3n) is 2.58. The van der Waals surface area contributed by atoms with E-state index < -0.39 is 10.0 Å². The number of anilines is 1. The minimum atomic E-state index is -3.65.